The molecule has 104 valence electrons. The number of carbonyl (C=O) groups is 1. The number of hydrogen-bond acceptors (Lipinski definition) is 3. The van der Waals surface area contributed by atoms with E-state index in [9.17, 15) is 4.79 Å². The molecule has 0 radical (unpaired) electrons. The van der Waals surface area contributed by atoms with E-state index in [1.807, 2.05) is 24.3 Å². The van der Waals surface area contributed by atoms with E-state index in [1.54, 1.807) is 0 Å². The summed E-state index contributed by atoms with van der Waals surface area (Å²) < 4.78 is 10.8. The molecule has 0 amide bonds. The minimum atomic E-state index is -0.320. The number of alkyl halides is 1. The first-order valence-corrected chi connectivity index (χ1v) is 7.73. The second kappa shape index (κ2) is 7.06. The van der Waals surface area contributed by atoms with E-state index in [1.165, 1.54) is 7.11 Å². The third kappa shape index (κ3) is 3.37. The zero-order chi connectivity index (χ0) is 13.7. The molecular weight excluding hydrogens is 308 g/mol. The summed E-state index contributed by atoms with van der Waals surface area (Å²) in [5.74, 6) is -0.528. The Morgan fingerprint density at radius 2 is 2.26 bits per heavy atom. The van der Waals surface area contributed by atoms with Crippen LogP contribution in [0.4, 0.5) is 0 Å². The number of rotatable bonds is 4. The molecule has 2 rings (SSSR count). The van der Waals surface area contributed by atoms with Crippen LogP contribution in [-0.2, 0) is 19.6 Å². The maximum atomic E-state index is 12.2. The van der Waals surface area contributed by atoms with Crippen molar-refractivity contribution in [3.8, 4) is 0 Å². The lowest BCUT2D eigenvalue weighted by atomic mass is 9.87. The van der Waals surface area contributed by atoms with E-state index in [-0.39, 0.29) is 18.0 Å². The lowest BCUT2D eigenvalue weighted by molar-refractivity contribution is -0.147. The number of esters is 1. The third-order valence-corrected chi connectivity index (χ3v) is 4.18. The summed E-state index contributed by atoms with van der Waals surface area (Å²) in [6.07, 6.45) is 3.02. The molecule has 1 aromatic rings. The molecule has 1 heterocycles. The van der Waals surface area contributed by atoms with Gasteiger partial charge in [-0.25, -0.2) is 0 Å². The van der Waals surface area contributed by atoms with E-state index >= 15 is 0 Å². The Morgan fingerprint density at radius 1 is 1.47 bits per heavy atom. The first kappa shape index (κ1) is 14.5. The Kier molecular flexibility index (Phi) is 5.40. The van der Waals surface area contributed by atoms with Gasteiger partial charge < -0.3 is 9.47 Å². The average molecular weight is 327 g/mol. The predicted octanol–water partition coefficient (Wildman–Crippen LogP) is 3.41. The van der Waals surface area contributed by atoms with Gasteiger partial charge in [0.25, 0.3) is 0 Å². The standard InChI is InChI=1S/C15H19BrO3/c1-18-15(17)14(13-8-4-5-9-19-13)12-7-3-2-6-11(12)10-16/h2-3,6-7,13-14H,4-5,8-10H2,1H3. The molecule has 1 aliphatic rings. The average Bonchev–Trinajstić information content (AvgIpc) is 2.49. The Bertz CT molecular complexity index is 427. The van der Waals surface area contributed by atoms with Gasteiger partial charge in [-0.2, -0.15) is 0 Å². The van der Waals surface area contributed by atoms with Gasteiger partial charge in [0.2, 0.25) is 0 Å². The van der Waals surface area contributed by atoms with E-state index in [0.717, 1.165) is 42.3 Å². The molecule has 0 bridgehead atoms. The van der Waals surface area contributed by atoms with Crippen LogP contribution in [0.3, 0.4) is 0 Å². The maximum Gasteiger partial charge on any atom is 0.315 e. The highest BCUT2D eigenvalue weighted by Gasteiger charge is 2.34. The van der Waals surface area contributed by atoms with Crippen molar-refractivity contribution < 1.29 is 14.3 Å². The van der Waals surface area contributed by atoms with Crippen molar-refractivity contribution in [1.82, 2.24) is 0 Å². The first-order chi connectivity index (χ1) is 9.27. The topological polar surface area (TPSA) is 35.5 Å². The molecule has 0 saturated carbocycles. The summed E-state index contributed by atoms with van der Waals surface area (Å²) in [5.41, 5.74) is 2.13. The predicted molar refractivity (Wildman–Crippen MR) is 77.4 cm³/mol. The monoisotopic (exact) mass is 326 g/mol. The zero-order valence-corrected chi connectivity index (χ0v) is 12.7. The summed E-state index contributed by atoms with van der Waals surface area (Å²) in [6.45, 7) is 0.731. The van der Waals surface area contributed by atoms with Gasteiger partial charge in [-0.3, -0.25) is 4.79 Å². The fourth-order valence-electron chi connectivity index (χ4n) is 2.59. The molecule has 2 unspecified atom stereocenters. The van der Waals surface area contributed by atoms with Crippen molar-refractivity contribution in [2.24, 2.45) is 0 Å². The van der Waals surface area contributed by atoms with Gasteiger partial charge in [-0.1, -0.05) is 40.2 Å². The second-order valence-corrected chi connectivity index (χ2v) is 5.30. The smallest absolute Gasteiger partial charge is 0.315 e. The van der Waals surface area contributed by atoms with E-state index in [0.29, 0.717) is 0 Å². The minimum Gasteiger partial charge on any atom is -0.468 e. The fourth-order valence-corrected chi connectivity index (χ4v) is 3.10. The van der Waals surface area contributed by atoms with Crippen molar-refractivity contribution in [3.63, 3.8) is 0 Å². The van der Waals surface area contributed by atoms with Gasteiger partial charge in [0.05, 0.1) is 13.2 Å². The van der Waals surface area contributed by atoms with Crippen molar-refractivity contribution >= 4 is 21.9 Å². The van der Waals surface area contributed by atoms with Crippen molar-refractivity contribution in [2.45, 2.75) is 36.6 Å². The summed E-state index contributed by atoms with van der Waals surface area (Å²) in [5, 5.41) is 0.726. The fraction of sp³-hybridized carbons (Fsp3) is 0.533. The highest BCUT2D eigenvalue weighted by atomic mass is 79.9. The van der Waals surface area contributed by atoms with E-state index < -0.39 is 0 Å². The quantitative estimate of drug-likeness (QED) is 0.628. The van der Waals surface area contributed by atoms with Gasteiger partial charge in [0.1, 0.15) is 5.92 Å². The lowest BCUT2D eigenvalue weighted by Gasteiger charge is -2.30. The highest BCUT2D eigenvalue weighted by molar-refractivity contribution is 9.08. The van der Waals surface area contributed by atoms with E-state index in [4.69, 9.17) is 9.47 Å². The number of hydrogen-bond donors (Lipinski definition) is 0. The molecule has 0 spiro atoms. The van der Waals surface area contributed by atoms with Crippen LogP contribution in [0.25, 0.3) is 0 Å². The summed E-state index contributed by atoms with van der Waals surface area (Å²) in [7, 11) is 1.44. The molecule has 0 aromatic heterocycles. The van der Waals surface area contributed by atoms with Crippen LogP contribution in [-0.4, -0.2) is 25.8 Å². The molecule has 1 aliphatic heterocycles. The number of benzene rings is 1. The van der Waals surface area contributed by atoms with Crippen LogP contribution < -0.4 is 0 Å². The first-order valence-electron chi connectivity index (χ1n) is 6.61. The lowest BCUT2D eigenvalue weighted by Crippen LogP contribution is -2.33. The second-order valence-electron chi connectivity index (χ2n) is 4.74. The Morgan fingerprint density at radius 3 is 2.89 bits per heavy atom. The van der Waals surface area contributed by atoms with E-state index in [2.05, 4.69) is 15.9 Å². The third-order valence-electron chi connectivity index (χ3n) is 3.58. The van der Waals surface area contributed by atoms with Gasteiger partial charge in [-0.05, 0) is 30.4 Å². The summed E-state index contributed by atoms with van der Waals surface area (Å²) in [6, 6.07) is 7.97. The molecule has 4 heteroatoms. The molecule has 0 aliphatic carbocycles. The van der Waals surface area contributed by atoms with Crippen molar-refractivity contribution in [1.29, 1.82) is 0 Å². The van der Waals surface area contributed by atoms with Crippen LogP contribution in [0.5, 0.6) is 0 Å². The van der Waals surface area contributed by atoms with Gasteiger partial charge in [-0.15, -0.1) is 0 Å². The largest absolute Gasteiger partial charge is 0.468 e. The summed E-state index contributed by atoms with van der Waals surface area (Å²) >= 11 is 3.48. The zero-order valence-electron chi connectivity index (χ0n) is 11.1. The Labute approximate surface area is 122 Å². The molecule has 1 aromatic carbocycles. The van der Waals surface area contributed by atoms with Gasteiger partial charge >= 0.3 is 5.97 Å². The number of halogens is 1. The number of methoxy groups -OCH3 is 1. The van der Waals surface area contributed by atoms with Gasteiger partial charge in [0, 0.05) is 11.9 Å². The molecule has 19 heavy (non-hydrogen) atoms. The molecule has 1 saturated heterocycles. The number of carbonyl (C=O) groups excluding carboxylic acids is 1. The molecule has 0 N–H and O–H groups in total. The SMILES string of the molecule is COC(=O)C(c1ccccc1CBr)C1CCCCO1. The van der Waals surface area contributed by atoms with Crippen LogP contribution in [0.15, 0.2) is 24.3 Å². The van der Waals surface area contributed by atoms with Crippen molar-refractivity contribution in [2.75, 3.05) is 13.7 Å². The Balaban J connectivity index is 2.33. The molecular formula is C15H19BrO3. The van der Waals surface area contributed by atoms with Crippen molar-refractivity contribution in [3.05, 3.63) is 35.4 Å². The normalized spacial score (nSPS) is 20.8. The summed E-state index contributed by atoms with van der Waals surface area (Å²) in [4.78, 5) is 12.2. The van der Waals surface area contributed by atoms with Crippen LogP contribution in [0.1, 0.15) is 36.3 Å². The number of ether oxygens (including phenoxy) is 2. The minimum absolute atomic E-state index is 0.0681. The highest BCUT2D eigenvalue weighted by Crippen LogP contribution is 2.32. The molecule has 2 atom stereocenters. The van der Waals surface area contributed by atoms with Crippen LogP contribution >= 0.6 is 15.9 Å². The van der Waals surface area contributed by atoms with Crippen LogP contribution in [0.2, 0.25) is 0 Å². The molecule has 3 nitrogen and oxygen atoms in total. The maximum absolute atomic E-state index is 12.2. The Hall–Kier alpha value is -0.870. The van der Waals surface area contributed by atoms with Crippen LogP contribution in [0, 0.1) is 0 Å². The molecule has 1 fully saturated rings. The van der Waals surface area contributed by atoms with Gasteiger partial charge in [0.15, 0.2) is 0 Å².